The summed E-state index contributed by atoms with van der Waals surface area (Å²) in [6.45, 7) is 0. The van der Waals surface area contributed by atoms with Gasteiger partial charge < -0.3 is 5.32 Å². The third kappa shape index (κ3) is 2.55. The predicted molar refractivity (Wildman–Crippen MR) is 52.6 cm³/mol. The largest absolute Gasteiger partial charge is 0.338 e. The second-order valence-electron chi connectivity index (χ2n) is 2.78. The van der Waals surface area contributed by atoms with Crippen LogP contribution in [0.2, 0.25) is 0 Å². The number of sulfone groups is 2. The van der Waals surface area contributed by atoms with Gasteiger partial charge >= 0.3 is 0 Å². The fourth-order valence-electron chi connectivity index (χ4n) is 0.750. The molecule has 1 radical (unpaired) electrons. The standard InChI is InChI=1S/C6H9N2O4S2/c1-13(9,10)5-3-4-7-6(8-5)14(2,11)12/h3-4H,1-2H3,(H,7,8). The van der Waals surface area contributed by atoms with Gasteiger partial charge in [-0.05, 0) is 6.08 Å². The highest BCUT2D eigenvalue weighted by Crippen LogP contribution is 2.15. The van der Waals surface area contributed by atoms with Gasteiger partial charge in [0.15, 0.2) is 9.84 Å². The monoisotopic (exact) mass is 237 g/mol. The van der Waals surface area contributed by atoms with Gasteiger partial charge in [-0.25, -0.2) is 21.8 Å². The number of hydrogen-bond acceptors (Lipinski definition) is 6. The van der Waals surface area contributed by atoms with Crippen molar-refractivity contribution in [2.45, 2.75) is 0 Å². The third-order valence-electron chi connectivity index (χ3n) is 1.38. The van der Waals surface area contributed by atoms with Crippen LogP contribution in [0, 0.1) is 5.37 Å². The van der Waals surface area contributed by atoms with Gasteiger partial charge in [-0.2, -0.15) is 0 Å². The summed E-state index contributed by atoms with van der Waals surface area (Å²) in [6.07, 6.45) is 4.32. The molecule has 0 aromatic heterocycles. The third-order valence-corrected chi connectivity index (χ3v) is 3.27. The molecule has 1 N–H and O–H groups in total. The van der Waals surface area contributed by atoms with Crippen LogP contribution in [0.15, 0.2) is 17.3 Å². The van der Waals surface area contributed by atoms with E-state index in [1.165, 1.54) is 12.3 Å². The van der Waals surface area contributed by atoms with Gasteiger partial charge in [-0.1, -0.05) is 0 Å². The van der Waals surface area contributed by atoms with Crippen molar-refractivity contribution in [2.75, 3.05) is 12.5 Å². The lowest BCUT2D eigenvalue weighted by Gasteiger charge is -2.12. The molecule has 0 saturated carbocycles. The molecule has 0 amide bonds. The summed E-state index contributed by atoms with van der Waals surface area (Å²) in [5.41, 5.74) is 0. The molecule has 0 saturated heterocycles. The van der Waals surface area contributed by atoms with Crippen LogP contribution >= 0.6 is 0 Å². The van der Waals surface area contributed by atoms with E-state index in [-0.39, 0.29) is 10.5 Å². The first-order valence-electron chi connectivity index (χ1n) is 3.50. The Hall–Kier alpha value is -0.890. The molecule has 1 heterocycles. The van der Waals surface area contributed by atoms with Crippen LogP contribution < -0.4 is 5.32 Å². The van der Waals surface area contributed by atoms with Crippen LogP contribution in [0.5, 0.6) is 0 Å². The Bertz CT molecular complexity index is 486. The van der Waals surface area contributed by atoms with Crippen LogP contribution in [0.3, 0.4) is 0 Å². The molecule has 0 spiro atoms. The van der Waals surface area contributed by atoms with Gasteiger partial charge in [0.25, 0.3) is 0 Å². The molecule has 1 rings (SSSR count). The van der Waals surface area contributed by atoms with Crippen molar-refractivity contribution < 1.29 is 16.8 Å². The molecule has 0 bridgehead atoms. The van der Waals surface area contributed by atoms with Crippen LogP contribution in [-0.2, 0) is 19.7 Å². The Labute approximate surface area is 82.6 Å². The minimum Gasteiger partial charge on any atom is -0.338 e. The van der Waals surface area contributed by atoms with Gasteiger partial charge in [-0.15, -0.1) is 0 Å². The summed E-state index contributed by atoms with van der Waals surface area (Å²) in [5.74, 6) is 0. The quantitative estimate of drug-likeness (QED) is 0.634. The van der Waals surface area contributed by atoms with Crippen molar-refractivity contribution in [3.05, 3.63) is 17.6 Å². The summed E-state index contributed by atoms with van der Waals surface area (Å²) < 4.78 is 44.1. The molecule has 0 unspecified atom stereocenters. The maximum atomic E-state index is 11.0. The fourth-order valence-corrected chi connectivity index (χ4v) is 1.93. The van der Waals surface area contributed by atoms with Crippen LogP contribution in [0.4, 0.5) is 0 Å². The molecule has 1 aliphatic rings. The summed E-state index contributed by atoms with van der Waals surface area (Å²) in [4.78, 5) is 3.48. The van der Waals surface area contributed by atoms with Crippen molar-refractivity contribution in [3.8, 4) is 0 Å². The number of nitrogens with zero attached hydrogens (tertiary/aromatic N) is 1. The average molecular weight is 237 g/mol. The zero-order chi connectivity index (χ0) is 11.0. The summed E-state index contributed by atoms with van der Waals surface area (Å²) in [6, 6.07) is 0. The number of hydrogen-bond donors (Lipinski definition) is 1. The molecule has 0 aromatic rings. The molecule has 0 aromatic carbocycles. The minimum absolute atomic E-state index is 0.267. The number of nitrogens with one attached hydrogen (secondary N) is 1. The number of aliphatic imine (C=N–C) groups is 1. The van der Waals surface area contributed by atoms with Gasteiger partial charge in [0.05, 0.1) is 0 Å². The van der Waals surface area contributed by atoms with Gasteiger partial charge in [0.2, 0.25) is 20.4 Å². The first-order chi connectivity index (χ1) is 6.21. The number of amidine groups is 1. The summed E-state index contributed by atoms with van der Waals surface area (Å²) in [7, 11) is -7.00. The van der Waals surface area contributed by atoms with E-state index in [4.69, 9.17) is 0 Å². The number of rotatable bonds is 1. The molecule has 79 valence electrons. The maximum Gasteiger partial charge on any atom is 0.226 e. The Kier molecular flexibility index (Phi) is 2.68. The SMILES string of the molecule is CS(=O)(=O)[C]1C=CNC(S(C)(=O)=O)=N1. The van der Waals surface area contributed by atoms with E-state index in [1.54, 1.807) is 0 Å². The second-order valence-corrected chi connectivity index (χ2v) is 6.67. The molecule has 0 atom stereocenters. The Morgan fingerprint density at radius 1 is 1.14 bits per heavy atom. The van der Waals surface area contributed by atoms with Crippen LogP contribution in [0.25, 0.3) is 0 Å². The van der Waals surface area contributed by atoms with Gasteiger partial charge in [0, 0.05) is 18.7 Å². The van der Waals surface area contributed by atoms with Crippen molar-refractivity contribution >= 4 is 24.8 Å². The molecule has 8 heteroatoms. The van der Waals surface area contributed by atoms with E-state index in [9.17, 15) is 16.8 Å². The molecule has 14 heavy (non-hydrogen) atoms. The van der Waals surface area contributed by atoms with Gasteiger partial charge in [-0.3, -0.25) is 0 Å². The zero-order valence-electron chi connectivity index (χ0n) is 7.55. The van der Waals surface area contributed by atoms with Crippen molar-refractivity contribution in [1.82, 2.24) is 5.32 Å². The highest BCUT2D eigenvalue weighted by Gasteiger charge is 2.25. The van der Waals surface area contributed by atoms with Gasteiger partial charge in [0.1, 0.15) is 0 Å². The Balaban J connectivity index is 3.13. The fraction of sp³-hybridized carbons (Fsp3) is 0.333. The Morgan fingerprint density at radius 2 is 1.71 bits per heavy atom. The first kappa shape index (κ1) is 11.2. The highest BCUT2D eigenvalue weighted by atomic mass is 32.2. The van der Waals surface area contributed by atoms with Crippen LogP contribution in [-0.4, -0.2) is 34.5 Å². The lowest BCUT2D eigenvalue weighted by atomic mass is 10.6. The Morgan fingerprint density at radius 3 is 2.14 bits per heavy atom. The van der Waals surface area contributed by atoms with E-state index in [2.05, 4.69) is 10.3 Å². The average Bonchev–Trinajstić information content (AvgIpc) is 2.01. The maximum absolute atomic E-state index is 11.0. The lowest BCUT2D eigenvalue weighted by Crippen LogP contribution is -2.30. The second kappa shape index (κ2) is 3.35. The summed E-state index contributed by atoms with van der Waals surface area (Å²) in [5, 5.41) is 1.73. The van der Waals surface area contributed by atoms with E-state index >= 15 is 0 Å². The van der Waals surface area contributed by atoms with E-state index in [0.29, 0.717) is 0 Å². The van der Waals surface area contributed by atoms with E-state index in [0.717, 1.165) is 12.5 Å². The molecule has 0 aliphatic carbocycles. The molecule has 6 nitrogen and oxygen atoms in total. The van der Waals surface area contributed by atoms with E-state index in [1.807, 2.05) is 0 Å². The first-order valence-corrected chi connectivity index (χ1v) is 7.28. The normalized spacial score (nSPS) is 18.9. The molecular weight excluding hydrogens is 228 g/mol. The highest BCUT2D eigenvalue weighted by molar-refractivity contribution is 8.05. The summed E-state index contributed by atoms with van der Waals surface area (Å²) >= 11 is 0. The van der Waals surface area contributed by atoms with Crippen molar-refractivity contribution in [2.24, 2.45) is 4.99 Å². The smallest absolute Gasteiger partial charge is 0.226 e. The van der Waals surface area contributed by atoms with Crippen molar-refractivity contribution in [1.29, 1.82) is 0 Å². The molecule has 0 fully saturated rings. The van der Waals surface area contributed by atoms with E-state index < -0.39 is 19.7 Å². The predicted octanol–water partition coefficient (Wildman–Crippen LogP) is -0.962. The zero-order valence-corrected chi connectivity index (χ0v) is 9.18. The minimum atomic E-state index is -3.52. The molecule has 1 aliphatic heterocycles. The van der Waals surface area contributed by atoms with Crippen LogP contribution in [0.1, 0.15) is 0 Å². The lowest BCUT2D eigenvalue weighted by molar-refractivity contribution is 0.603. The molecular formula is C6H9N2O4S2. The van der Waals surface area contributed by atoms with Crippen molar-refractivity contribution in [3.63, 3.8) is 0 Å². The topological polar surface area (TPSA) is 92.7 Å².